The molecule has 0 saturated heterocycles. The highest BCUT2D eigenvalue weighted by Gasteiger charge is 2.28. The van der Waals surface area contributed by atoms with Crippen molar-refractivity contribution in [3.8, 4) is 0 Å². The average molecular weight is 401 g/mol. The van der Waals surface area contributed by atoms with Crippen molar-refractivity contribution in [3.63, 3.8) is 0 Å². The molecule has 0 bridgehead atoms. The van der Waals surface area contributed by atoms with Crippen molar-refractivity contribution in [2.24, 2.45) is 0 Å². The number of ketones is 2. The van der Waals surface area contributed by atoms with E-state index >= 15 is 0 Å². The van der Waals surface area contributed by atoms with E-state index in [1.54, 1.807) is 24.3 Å². The van der Waals surface area contributed by atoms with Crippen LogP contribution in [0.4, 0.5) is 4.39 Å². The number of fused-ring (bicyclic) bond motifs is 1. The van der Waals surface area contributed by atoms with Crippen LogP contribution in [-0.4, -0.2) is 17.7 Å². The molecule has 0 saturated carbocycles. The first-order chi connectivity index (χ1) is 14.1. The lowest BCUT2D eigenvalue weighted by Crippen LogP contribution is -2.21. The minimum Gasteiger partial charge on any atom is -0.286 e. The van der Waals surface area contributed by atoms with Crippen molar-refractivity contribution in [2.75, 3.05) is 0 Å². The van der Waals surface area contributed by atoms with Crippen LogP contribution >= 0.6 is 0 Å². The van der Waals surface area contributed by atoms with Crippen molar-refractivity contribution in [3.05, 3.63) is 41.5 Å². The van der Waals surface area contributed by atoms with Crippen molar-refractivity contribution in [1.82, 2.24) is 0 Å². The monoisotopic (exact) mass is 400 g/mol. The maximum Gasteiger partial charge on any atom is 0.233 e. The molecule has 0 amide bonds. The molecule has 1 atom stereocenters. The molecule has 0 aromatic heterocycles. The number of carbonyl (C=O) groups is 2. The van der Waals surface area contributed by atoms with Gasteiger partial charge in [-0.3, -0.25) is 9.59 Å². The zero-order valence-corrected chi connectivity index (χ0v) is 18.1. The number of allylic oxidation sites excluding steroid dienone is 2. The normalized spacial score (nSPS) is 14.6. The van der Waals surface area contributed by atoms with Gasteiger partial charge in [0.2, 0.25) is 11.6 Å². The fraction of sp³-hybridized carbons (Fsp3) is 0.615. The highest BCUT2D eigenvalue weighted by molar-refractivity contribution is 6.50. The summed E-state index contributed by atoms with van der Waals surface area (Å²) in [5.41, 5.74) is 1.30. The van der Waals surface area contributed by atoms with E-state index in [2.05, 4.69) is 6.92 Å². The van der Waals surface area contributed by atoms with E-state index in [0.29, 0.717) is 23.1 Å². The van der Waals surface area contributed by atoms with Gasteiger partial charge in [-0.25, -0.2) is 4.39 Å². The molecule has 0 heterocycles. The molecule has 0 radical (unpaired) electrons. The molecule has 0 N–H and O–H groups in total. The average Bonchev–Trinajstić information content (AvgIpc) is 2.74. The molecule has 29 heavy (non-hydrogen) atoms. The van der Waals surface area contributed by atoms with E-state index in [4.69, 9.17) is 0 Å². The SMILES string of the molecule is CCCCCCCCCCCCCCCC(F)C1=CC(=O)C(=O)c2ccccc21. The number of unbranched alkanes of at least 4 members (excludes halogenated alkanes) is 12. The number of alkyl halides is 1. The minimum atomic E-state index is -1.18. The maximum atomic E-state index is 14.8. The smallest absolute Gasteiger partial charge is 0.233 e. The Kier molecular flexibility index (Phi) is 10.9. The molecule has 2 rings (SSSR count). The summed E-state index contributed by atoms with van der Waals surface area (Å²) in [7, 11) is 0. The van der Waals surface area contributed by atoms with Crippen LogP contribution in [0.5, 0.6) is 0 Å². The lowest BCUT2D eigenvalue weighted by Gasteiger charge is -2.19. The second-order valence-corrected chi connectivity index (χ2v) is 8.34. The van der Waals surface area contributed by atoms with Gasteiger partial charge >= 0.3 is 0 Å². The molecule has 1 aliphatic rings. The van der Waals surface area contributed by atoms with Crippen LogP contribution < -0.4 is 0 Å². The fourth-order valence-electron chi connectivity index (χ4n) is 4.11. The van der Waals surface area contributed by atoms with Gasteiger partial charge in [0, 0.05) is 5.56 Å². The highest BCUT2D eigenvalue weighted by Crippen LogP contribution is 2.31. The number of carbonyl (C=O) groups excluding carboxylic acids is 2. The summed E-state index contributed by atoms with van der Waals surface area (Å²) in [5, 5.41) is 0. The summed E-state index contributed by atoms with van der Waals surface area (Å²) >= 11 is 0. The standard InChI is InChI=1S/C26H37FO2/c1-2-3-4-5-6-7-8-9-10-11-12-13-14-19-24(27)23-20-25(28)26(29)22-18-16-15-17-21(22)23/h15-18,20,24H,2-14,19H2,1H3. The first-order valence-electron chi connectivity index (χ1n) is 11.7. The molecule has 3 heteroatoms. The van der Waals surface area contributed by atoms with E-state index in [1.807, 2.05) is 0 Å². The van der Waals surface area contributed by atoms with Crippen LogP contribution in [0.2, 0.25) is 0 Å². The van der Waals surface area contributed by atoms with Gasteiger partial charge in [0.05, 0.1) is 0 Å². The third-order valence-corrected chi connectivity index (χ3v) is 5.89. The molecule has 160 valence electrons. The van der Waals surface area contributed by atoms with Crippen LogP contribution in [0.15, 0.2) is 30.3 Å². The summed E-state index contributed by atoms with van der Waals surface area (Å²) in [5.74, 6) is -1.13. The maximum absolute atomic E-state index is 14.8. The third kappa shape index (κ3) is 7.87. The molecule has 0 fully saturated rings. The zero-order valence-electron chi connectivity index (χ0n) is 18.1. The van der Waals surface area contributed by atoms with Gasteiger partial charge in [0.25, 0.3) is 0 Å². The quantitative estimate of drug-likeness (QED) is 0.224. The Morgan fingerprint density at radius 2 is 1.21 bits per heavy atom. The Balaban J connectivity index is 1.56. The predicted octanol–water partition coefficient (Wildman–Crippen LogP) is 7.65. The summed E-state index contributed by atoms with van der Waals surface area (Å²) in [6.45, 7) is 2.25. The van der Waals surface area contributed by atoms with Crippen molar-refractivity contribution in [2.45, 2.75) is 103 Å². The summed E-state index contributed by atoms with van der Waals surface area (Å²) in [6.07, 6.45) is 16.8. The molecule has 1 unspecified atom stereocenters. The van der Waals surface area contributed by atoms with Gasteiger partial charge in [-0.05, 0) is 23.6 Å². The Morgan fingerprint density at radius 1 is 0.724 bits per heavy atom. The Hall–Kier alpha value is -1.77. The Bertz CT molecular complexity index is 677. The van der Waals surface area contributed by atoms with Crippen LogP contribution in [0.3, 0.4) is 0 Å². The zero-order chi connectivity index (χ0) is 20.9. The number of benzene rings is 1. The van der Waals surface area contributed by atoms with Gasteiger partial charge in [0.1, 0.15) is 6.17 Å². The number of hydrogen-bond acceptors (Lipinski definition) is 2. The topological polar surface area (TPSA) is 34.1 Å². The molecular formula is C26H37FO2. The Labute approximate surface area is 176 Å². The van der Waals surface area contributed by atoms with E-state index in [-0.39, 0.29) is 0 Å². The van der Waals surface area contributed by atoms with Crippen molar-refractivity contribution in [1.29, 1.82) is 0 Å². The van der Waals surface area contributed by atoms with Gasteiger partial charge in [-0.15, -0.1) is 0 Å². The molecule has 0 aliphatic heterocycles. The van der Waals surface area contributed by atoms with Crippen LogP contribution in [-0.2, 0) is 4.79 Å². The number of rotatable bonds is 15. The van der Waals surface area contributed by atoms with E-state index in [0.717, 1.165) is 19.3 Å². The first kappa shape index (κ1) is 23.5. The second kappa shape index (κ2) is 13.5. The highest BCUT2D eigenvalue weighted by atomic mass is 19.1. The fourth-order valence-corrected chi connectivity index (χ4v) is 4.11. The van der Waals surface area contributed by atoms with Crippen molar-refractivity contribution >= 4 is 17.1 Å². The van der Waals surface area contributed by atoms with E-state index in [1.165, 1.54) is 70.3 Å². The molecule has 1 aromatic rings. The third-order valence-electron chi connectivity index (χ3n) is 5.89. The number of hydrogen-bond donors (Lipinski definition) is 0. The van der Waals surface area contributed by atoms with Crippen LogP contribution in [0.1, 0.15) is 113 Å². The van der Waals surface area contributed by atoms with Gasteiger partial charge in [-0.2, -0.15) is 0 Å². The summed E-state index contributed by atoms with van der Waals surface area (Å²) in [4.78, 5) is 23.8. The first-order valence-corrected chi connectivity index (χ1v) is 11.7. The van der Waals surface area contributed by atoms with Crippen LogP contribution in [0.25, 0.3) is 5.57 Å². The van der Waals surface area contributed by atoms with Gasteiger partial charge in [-0.1, -0.05) is 115 Å². The number of Topliss-reactive ketones (excluding diaryl/α,β-unsaturated/α-hetero) is 1. The lowest BCUT2D eigenvalue weighted by molar-refractivity contribution is -0.111. The van der Waals surface area contributed by atoms with Gasteiger partial charge in [0.15, 0.2) is 0 Å². The minimum absolute atomic E-state index is 0.336. The lowest BCUT2D eigenvalue weighted by atomic mass is 9.86. The molecule has 1 aromatic carbocycles. The predicted molar refractivity (Wildman–Crippen MR) is 119 cm³/mol. The summed E-state index contributed by atoms with van der Waals surface area (Å²) in [6, 6.07) is 6.85. The molecule has 2 nitrogen and oxygen atoms in total. The second-order valence-electron chi connectivity index (χ2n) is 8.34. The van der Waals surface area contributed by atoms with Gasteiger partial charge < -0.3 is 0 Å². The Morgan fingerprint density at radius 3 is 1.76 bits per heavy atom. The largest absolute Gasteiger partial charge is 0.286 e. The molecule has 1 aliphatic carbocycles. The molecule has 0 spiro atoms. The number of halogens is 1. The van der Waals surface area contributed by atoms with E-state index in [9.17, 15) is 14.0 Å². The van der Waals surface area contributed by atoms with Crippen LogP contribution in [0, 0.1) is 0 Å². The molecular weight excluding hydrogens is 363 g/mol. The summed E-state index contributed by atoms with van der Waals surface area (Å²) < 4.78 is 14.8. The van der Waals surface area contributed by atoms with E-state index < -0.39 is 17.7 Å². The van der Waals surface area contributed by atoms with Crippen molar-refractivity contribution < 1.29 is 14.0 Å².